The van der Waals surface area contributed by atoms with E-state index in [0.29, 0.717) is 12.2 Å². The average molecular weight is 695 g/mol. The molecule has 4 aromatic rings. The predicted molar refractivity (Wildman–Crippen MR) is 209 cm³/mol. The van der Waals surface area contributed by atoms with Gasteiger partial charge >= 0.3 is 5.97 Å². The summed E-state index contributed by atoms with van der Waals surface area (Å²) in [6.45, 7) is 14.1. The number of hydrogen-bond acceptors (Lipinski definition) is 5. The van der Waals surface area contributed by atoms with Crippen LogP contribution in [-0.2, 0) is 25.2 Å². The Hall–Kier alpha value is -4.39. The van der Waals surface area contributed by atoms with Crippen molar-refractivity contribution in [1.82, 2.24) is 10.6 Å². The lowest BCUT2D eigenvalue weighted by Crippen LogP contribution is -2.39. The van der Waals surface area contributed by atoms with E-state index in [0.717, 1.165) is 59.6 Å². The molecular formula is C44H58N2O5. The summed E-state index contributed by atoms with van der Waals surface area (Å²) in [6.07, 6.45) is 9.99. The van der Waals surface area contributed by atoms with Gasteiger partial charge < -0.3 is 20.1 Å². The lowest BCUT2D eigenvalue weighted by molar-refractivity contribution is -0.144. The number of amides is 2. The van der Waals surface area contributed by atoms with Gasteiger partial charge in [0.05, 0.1) is 25.3 Å². The molecule has 7 nitrogen and oxygen atoms in total. The number of nitrogens with one attached hydrogen (secondary N) is 2. The van der Waals surface area contributed by atoms with Crippen LogP contribution >= 0.6 is 0 Å². The molecular weight excluding hydrogens is 636 g/mol. The molecule has 0 atom stereocenters. The number of carbonyl (C=O) groups excluding carboxylic acids is 3. The maximum atomic E-state index is 13.2. The van der Waals surface area contributed by atoms with E-state index in [2.05, 4.69) is 76.4 Å². The fraction of sp³-hybridized carbons (Fsp3) is 0.477. The zero-order valence-electron chi connectivity index (χ0n) is 31.7. The Morgan fingerprint density at radius 3 is 1.59 bits per heavy atom. The van der Waals surface area contributed by atoms with Crippen molar-refractivity contribution in [3.05, 3.63) is 89.5 Å². The lowest BCUT2D eigenvalue weighted by atomic mass is 9.80. The first kappa shape index (κ1) is 39.4. The minimum atomic E-state index is -0.477. The van der Waals surface area contributed by atoms with E-state index < -0.39 is 11.9 Å². The van der Waals surface area contributed by atoms with E-state index in [1.807, 2.05) is 48.5 Å². The van der Waals surface area contributed by atoms with Gasteiger partial charge in [0.1, 0.15) is 12.3 Å². The molecule has 0 spiro atoms. The Balaban J connectivity index is 1.01. The number of unbranched alkanes of at least 4 members (excludes halogenated alkanes) is 8. The molecule has 0 bridgehead atoms. The van der Waals surface area contributed by atoms with Crippen molar-refractivity contribution in [2.24, 2.45) is 0 Å². The summed E-state index contributed by atoms with van der Waals surface area (Å²) < 4.78 is 11.5. The van der Waals surface area contributed by atoms with Gasteiger partial charge in [-0.15, -0.1) is 0 Å². The summed E-state index contributed by atoms with van der Waals surface area (Å²) in [4.78, 5) is 37.7. The van der Waals surface area contributed by atoms with Crippen LogP contribution < -0.4 is 15.4 Å². The van der Waals surface area contributed by atoms with Gasteiger partial charge in [-0.05, 0) is 74.5 Å². The van der Waals surface area contributed by atoms with Gasteiger partial charge in [0.15, 0.2) is 0 Å². The fourth-order valence-electron chi connectivity index (χ4n) is 6.16. The van der Waals surface area contributed by atoms with Crippen LogP contribution in [0.2, 0.25) is 0 Å². The van der Waals surface area contributed by atoms with Crippen molar-refractivity contribution in [2.75, 3.05) is 26.3 Å². The standard InChI is InChI=1S/C44H58N2O5/c1-43(2,3)34-27-35(44(4,5)6)29-36(28-34)50-24-18-12-10-8-7-9-11-13-19-25-51-40(48)31-45-39(47)30-46-42(49)41-37-22-16-14-20-32(37)26-33-21-15-17-23-38(33)41/h14-17,20-23,26-29H,7-13,18-19,24-25,30-31H2,1-6H3,(H,45,47)(H,46,49). The topological polar surface area (TPSA) is 93.7 Å². The first-order chi connectivity index (χ1) is 24.3. The number of esters is 1. The highest BCUT2D eigenvalue weighted by atomic mass is 16.5. The molecule has 4 rings (SSSR count). The van der Waals surface area contributed by atoms with Gasteiger partial charge in [0.25, 0.3) is 5.91 Å². The normalized spacial score (nSPS) is 11.8. The van der Waals surface area contributed by atoms with Crippen LogP contribution in [0, 0.1) is 0 Å². The van der Waals surface area contributed by atoms with E-state index in [1.54, 1.807) is 0 Å². The van der Waals surface area contributed by atoms with E-state index in [9.17, 15) is 14.4 Å². The molecule has 2 amide bonds. The highest BCUT2D eigenvalue weighted by Crippen LogP contribution is 2.33. The molecule has 0 aliphatic carbocycles. The van der Waals surface area contributed by atoms with Crippen LogP contribution in [0.3, 0.4) is 0 Å². The summed E-state index contributed by atoms with van der Waals surface area (Å²) in [6, 6.07) is 24.2. The molecule has 0 unspecified atom stereocenters. The molecule has 0 aliphatic rings. The number of rotatable bonds is 18. The van der Waals surface area contributed by atoms with Crippen LogP contribution in [0.4, 0.5) is 0 Å². The molecule has 274 valence electrons. The molecule has 0 saturated heterocycles. The van der Waals surface area contributed by atoms with Crippen LogP contribution in [0.5, 0.6) is 5.75 Å². The van der Waals surface area contributed by atoms with Gasteiger partial charge in [-0.3, -0.25) is 14.4 Å². The Kier molecular flexibility index (Phi) is 14.5. The van der Waals surface area contributed by atoms with Crippen molar-refractivity contribution in [3.63, 3.8) is 0 Å². The largest absolute Gasteiger partial charge is 0.494 e. The quantitative estimate of drug-likeness (QED) is 0.0615. The molecule has 0 aromatic heterocycles. The maximum absolute atomic E-state index is 13.2. The number of benzene rings is 4. The van der Waals surface area contributed by atoms with Crippen LogP contribution in [0.15, 0.2) is 72.8 Å². The molecule has 4 aromatic carbocycles. The van der Waals surface area contributed by atoms with E-state index in [4.69, 9.17) is 9.47 Å². The third-order valence-electron chi connectivity index (χ3n) is 9.30. The minimum absolute atomic E-state index is 0.0858. The average Bonchev–Trinajstić information content (AvgIpc) is 3.09. The first-order valence-corrected chi connectivity index (χ1v) is 18.7. The third-order valence-corrected chi connectivity index (χ3v) is 9.30. The smallest absolute Gasteiger partial charge is 0.325 e. The molecule has 7 heteroatoms. The second kappa shape index (κ2) is 18.7. The Labute approximate surface area is 304 Å². The van der Waals surface area contributed by atoms with Crippen molar-refractivity contribution < 1.29 is 23.9 Å². The molecule has 0 aliphatic heterocycles. The van der Waals surface area contributed by atoms with Crippen LogP contribution in [-0.4, -0.2) is 44.1 Å². The summed E-state index contributed by atoms with van der Waals surface area (Å²) in [7, 11) is 0. The molecule has 0 saturated carbocycles. The van der Waals surface area contributed by atoms with Crippen molar-refractivity contribution in [2.45, 2.75) is 110 Å². The van der Waals surface area contributed by atoms with Gasteiger partial charge in [-0.2, -0.15) is 0 Å². The third kappa shape index (κ3) is 12.4. The number of fused-ring (bicyclic) bond motifs is 2. The monoisotopic (exact) mass is 694 g/mol. The summed E-state index contributed by atoms with van der Waals surface area (Å²) in [5.41, 5.74) is 3.34. The van der Waals surface area contributed by atoms with Gasteiger partial charge in [-0.25, -0.2) is 0 Å². The molecule has 2 N–H and O–H groups in total. The SMILES string of the molecule is CC(C)(C)c1cc(OCCCCCCCCCCCOC(=O)CNC(=O)CNC(=O)c2c3ccccc3cc3ccccc23)cc(C(C)(C)C)c1. The van der Waals surface area contributed by atoms with Crippen LogP contribution in [0.25, 0.3) is 21.5 Å². The van der Waals surface area contributed by atoms with Gasteiger partial charge in [0, 0.05) is 0 Å². The molecule has 51 heavy (non-hydrogen) atoms. The van der Waals surface area contributed by atoms with E-state index in [-0.39, 0.29) is 29.8 Å². The van der Waals surface area contributed by atoms with Gasteiger partial charge in [0.2, 0.25) is 5.91 Å². The number of hydrogen-bond donors (Lipinski definition) is 2. The maximum Gasteiger partial charge on any atom is 0.325 e. The van der Waals surface area contributed by atoms with Gasteiger partial charge in [-0.1, -0.05) is 141 Å². The molecule has 0 heterocycles. The van der Waals surface area contributed by atoms with Crippen molar-refractivity contribution in [3.8, 4) is 5.75 Å². The van der Waals surface area contributed by atoms with E-state index >= 15 is 0 Å². The Morgan fingerprint density at radius 1 is 0.569 bits per heavy atom. The highest BCUT2D eigenvalue weighted by Gasteiger charge is 2.21. The van der Waals surface area contributed by atoms with Crippen molar-refractivity contribution in [1.29, 1.82) is 0 Å². The zero-order chi connectivity index (χ0) is 36.9. The van der Waals surface area contributed by atoms with E-state index in [1.165, 1.54) is 43.2 Å². The Morgan fingerprint density at radius 2 is 1.06 bits per heavy atom. The summed E-state index contributed by atoms with van der Waals surface area (Å²) in [5.74, 6) is -0.276. The van der Waals surface area contributed by atoms with Crippen molar-refractivity contribution >= 4 is 39.3 Å². The second-order valence-corrected chi connectivity index (χ2v) is 15.7. The first-order valence-electron chi connectivity index (χ1n) is 18.7. The summed E-state index contributed by atoms with van der Waals surface area (Å²) >= 11 is 0. The Bertz CT molecular complexity index is 1680. The summed E-state index contributed by atoms with van der Waals surface area (Å²) in [5, 5.41) is 8.80. The zero-order valence-corrected chi connectivity index (χ0v) is 31.7. The number of ether oxygens (including phenoxy) is 2. The molecule has 0 fully saturated rings. The number of carbonyl (C=O) groups is 3. The van der Waals surface area contributed by atoms with Crippen LogP contribution in [0.1, 0.15) is 121 Å². The minimum Gasteiger partial charge on any atom is -0.494 e. The second-order valence-electron chi connectivity index (χ2n) is 15.7. The highest BCUT2D eigenvalue weighted by molar-refractivity contribution is 6.18. The fourth-order valence-corrected chi connectivity index (χ4v) is 6.16. The molecule has 0 radical (unpaired) electrons. The predicted octanol–water partition coefficient (Wildman–Crippen LogP) is 9.57. The lowest BCUT2D eigenvalue weighted by Gasteiger charge is -2.26.